The second-order valence-electron chi connectivity index (χ2n) is 12.8. The quantitative estimate of drug-likeness (QED) is 0.259. The summed E-state index contributed by atoms with van der Waals surface area (Å²) in [6, 6.07) is -0.322. The normalized spacial score (nSPS) is 25.0. The minimum absolute atomic E-state index is 0.0791. The standard InChI is InChI=1S/C31H31F6N7O2/c1-15-21(31(35,36)37)19(18-11-38-42-24(18)22(15)33)25-23(34)26-20-27(44-9-4-2-3-6-17(44)13-45-28(20)39-25)41-29(40-26)46-14-30-7-5-8-43(30)12-16(32)10-30/h11,16-17H,2-10,12-14H2,1H3,(H,38,42)/t16-,17+,30+/m1/s1. The van der Waals surface area contributed by atoms with E-state index in [0.29, 0.717) is 25.3 Å². The lowest BCUT2D eigenvalue weighted by atomic mass is 9.93. The Kier molecular flexibility index (Phi) is 6.78. The molecule has 0 bridgehead atoms. The maximum Gasteiger partial charge on any atom is 0.417 e. The van der Waals surface area contributed by atoms with E-state index in [1.807, 2.05) is 4.90 Å². The minimum Gasteiger partial charge on any atom is -0.475 e. The molecule has 0 radical (unpaired) electrons. The molecule has 0 unspecified atom stereocenters. The van der Waals surface area contributed by atoms with Crippen LogP contribution in [-0.4, -0.2) is 80.6 Å². The number of H-pyrrole nitrogens is 1. The van der Waals surface area contributed by atoms with Gasteiger partial charge in [0.05, 0.1) is 23.3 Å². The zero-order valence-electron chi connectivity index (χ0n) is 25.0. The molecule has 244 valence electrons. The van der Waals surface area contributed by atoms with E-state index < -0.39 is 51.9 Å². The molecule has 1 aromatic carbocycles. The van der Waals surface area contributed by atoms with E-state index in [9.17, 15) is 17.6 Å². The van der Waals surface area contributed by atoms with Gasteiger partial charge < -0.3 is 14.4 Å². The highest BCUT2D eigenvalue weighted by atomic mass is 19.4. The van der Waals surface area contributed by atoms with E-state index in [1.165, 1.54) is 0 Å². The molecule has 3 aromatic heterocycles. The molecule has 46 heavy (non-hydrogen) atoms. The third-order valence-corrected chi connectivity index (χ3v) is 10.1. The first-order valence-corrected chi connectivity index (χ1v) is 15.6. The van der Waals surface area contributed by atoms with Crippen molar-refractivity contribution < 1.29 is 35.8 Å². The molecule has 1 N–H and O–H groups in total. The number of aromatic amines is 1. The zero-order chi connectivity index (χ0) is 32.0. The molecule has 0 aliphatic carbocycles. The zero-order valence-corrected chi connectivity index (χ0v) is 25.0. The second-order valence-corrected chi connectivity index (χ2v) is 12.8. The Balaban J connectivity index is 1.35. The van der Waals surface area contributed by atoms with Gasteiger partial charge in [-0.1, -0.05) is 12.8 Å². The summed E-state index contributed by atoms with van der Waals surface area (Å²) in [5.41, 5.74) is -4.63. The lowest BCUT2D eigenvalue weighted by Crippen LogP contribution is -2.43. The first kappa shape index (κ1) is 29.5. The number of anilines is 1. The van der Waals surface area contributed by atoms with Crippen molar-refractivity contribution in [3.63, 3.8) is 0 Å². The molecule has 4 aliphatic heterocycles. The van der Waals surface area contributed by atoms with Gasteiger partial charge in [-0.2, -0.15) is 28.2 Å². The van der Waals surface area contributed by atoms with Crippen LogP contribution in [0.3, 0.4) is 0 Å². The summed E-state index contributed by atoms with van der Waals surface area (Å²) in [5, 5.41) is 5.98. The molecular weight excluding hydrogens is 616 g/mol. The summed E-state index contributed by atoms with van der Waals surface area (Å²) in [6.07, 6.45) is 0.398. The first-order chi connectivity index (χ1) is 22.1. The van der Waals surface area contributed by atoms with Gasteiger partial charge >= 0.3 is 12.2 Å². The Hall–Kier alpha value is -3.88. The van der Waals surface area contributed by atoms with Crippen molar-refractivity contribution in [3.05, 3.63) is 29.0 Å². The molecule has 0 amide bonds. The fourth-order valence-corrected chi connectivity index (χ4v) is 7.96. The number of alkyl halides is 4. The highest BCUT2D eigenvalue weighted by Gasteiger charge is 2.49. The molecule has 0 saturated carbocycles. The van der Waals surface area contributed by atoms with Crippen molar-refractivity contribution in [1.82, 2.24) is 30.0 Å². The smallest absolute Gasteiger partial charge is 0.417 e. The van der Waals surface area contributed by atoms with Crippen LogP contribution in [0.25, 0.3) is 33.1 Å². The number of hydrogen-bond donors (Lipinski definition) is 1. The van der Waals surface area contributed by atoms with Crippen molar-refractivity contribution in [3.8, 4) is 23.1 Å². The lowest BCUT2D eigenvalue weighted by molar-refractivity contribution is -0.137. The number of aromatic nitrogens is 5. The van der Waals surface area contributed by atoms with Gasteiger partial charge in [0.2, 0.25) is 5.88 Å². The number of fused-ring (bicyclic) bond motifs is 4. The fraction of sp³-hybridized carbons (Fsp3) is 0.548. The third kappa shape index (κ3) is 4.48. The number of nitrogens with zero attached hydrogens (tertiary/aromatic N) is 6. The molecule has 4 aromatic rings. The number of rotatable bonds is 4. The van der Waals surface area contributed by atoms with Gasteiger partial charge in [0.15, 0.2) is 11.6 Å². The van der Waals surface area contributed by atoms with E-state index in [4.69, 9.17) is 14.5 Å². The maximum atomic E-state index is 16.9. The van der Waals surface area contributed by atoms with Gasteiger partial charge in [-0.3, -0.25) is 10.00 Å². The van der Waals surface area contributed by atoms with Crippen LogP contribution in [0.5, 0.6) is 11.9 Å². The molecule has 3 fully saturated rings. The molecule has 0 spiro atoms. The van der Waals surface area contributed by atoms with E-state index in [2.05, 4.69) is 25.1 Å². The number of ether oxygens (including phenoxy) is 2. The predicted octanol–water partition coefficient (Wildman–Crippen LogP) is 6.27. The van der Waals surface area contributed by atoms with Crippen LogP contribution in [0.15, 0.2) is 6.20 Å². The summed E-state index contributed by atoms with van der Waals surface area (Å²) in [7, 11) is 0. The van der Waals surface area contributed by atoms with Crippen LogP contribution in [0.2, 0.25) is 0 Å². The Labute approximate surface area is 259 Å². The lowest BCUT2D eigenvalue weighted by Gasteiger charge is -2.31. The fourth-order valence-electron chi connectivity index (χ4n) is 7.96. The summed E-state index contributed by atoms with van der Waals surface area (Å²) in [5.74, 6) is -2.10. The average molecular weight is 648 g/mol. The Morgan fingerprint density at radius 2 is 1.93 bits per heavy atom. The molecular formula is C31H31F6N7O2. The monoisotopic (exact) mass is 647 g/mol. The topological polar surface area (TPSA) is 92.3 Å². The Bertz CT molecular complexity index is 1870. The molecule has 7 heterocycles. The third-order valence-electron chi connectivity index (χ3n) is 10.1. The van der Waals surface area contributed by atoms with Crippen LogP contribution >= 0.6 is 0 Å². The van der Waals surface area contributed by atoms with Gasteiger partial charge in [0, 0.05) is 30.5 Å². The average Bonchev–Trinajstić information content (AvgIpc) is 3.64. The largest absolute Gasteiger partial charge is 0.475 e. The summed E-state index contributed by atoms with van der Waals surface area (Å²) in [6.45, 7) is 2.86. The first-order valence-electron chi connectivity index (χ1n) is 15.6. The molecule has 8 rings (SSSR count). The molecule has 4 aliphatic rings. The van der Waals surface area contributed by atoms with Crippen molar-refractivity contribution >= 4 is 27.6 Å². The predicted molar refractivity (Wildman–Crippen MR) is 156 cm³/mol. The SMILES string of the molecule is Cc1c(C(F)(F)F)c(-c2nc3c4c(nc(OC[C@@]56CCCN5C[C@H](F)C6)nc4c2F)N2CCCCC[C@H]2CO3)c2cn[nH]c2c1F. The highest BCUT2D eigenvalue weighted by Crippen LogP contribution is 2.48. The number of pyridine rings is 1. The van der Waals surface area contributed by atoms with E-state index in [-0.39, 0.29) is 53.0 Å². The van der Waals surface area contributed by atoms with Crippen LogP contribution in [-0.2, 0) is 6.18 Å². The van der Waals surface area contributed by atoms with Crippen LogP contribution < -0.4 is 14.4 Å². The summed E-state index contributed by atoms with van der Waals surface area (Å²) >= 11 is 0. The van der Waals surface area contributed by atoms with Gasteiger partial charge in [0.1, 0.15) is 47.3 Å². The molecule has 9 nitrogen and oxygen atoms in total. The molecule has 3 atom stereocenters. The van der Waals surface area contributed by atoms with E-state index >= 15 is 8.78 Å². The second kappa shape index (κ2) is 10.6. The number of nitrogens with one attached hydrogen (secondary N) is 1. The van der Waals surface area contributed by atoms with E-state index in [1.54, 1.807) is 0 Å². The highest BCUT2D eigenvalue weighted by molar-refractivity contribution is 6.02. The van der Waals surface area contributed by atoms with Crippen LogP contribution in [0.4, 0.5) is 32.2 Å². The summed E-state index contributed by atoms with van der Waals surface area (Å²) < 4.78 is 103. The van der Waals surface area contributed by atoms with Gasteiger partial charge in [-0.05, 0) is 44.7 Å². The van der Waals surface area contributed by atoms with Crippen molar-refractivity contribution in [2.45, 2.75) is 75.8 Å². The van der Waals surface area contributed by atoms with Crippen molar-refractivity contribution in [2.75, 3.05) is 37.7 Å². The van der Waals surface area contributed by atoms with Crippen LogP contribution in [0.1, 0.15) is 56.1 Å². The van der Waals surface area contributed by atoms with Gasteiger partial charge in [-0.15, -0.1) is 0 Å². The number of halogens is 6. The van der Waals surface area contributed by atoms with Crippen LogP contribution in [0, 0.1) is 18.6 Å². The van der Waals surface area contributed by atoms with Crippen molar-refractivity contribution in [2.24, 2.45) is 0 Å². The Morgan fingerprint density at radius 1 is 1.09 bits per heavy atom. The van der Waals surface area contributed by atoms with Crippen molar-refractivity contribution in [1.29, 1.82) is 0 Å². The number of hydrogen-bond acceptors (Lipinski definition) is 8. The maximum absolute atomic E-state index is 16.9. The van der Waals surface area contributed by atoms with E-state index in [0.717, 1.165) is 58.2 Å². The number of benzene rings is 1. The van der Waals surface area contributed by atoms with Gasteiger partial charge in [0.25, 0.3) is 0 Å². The molecule has 3 saturated heterocycles. The van der Waals surface area contributed by atoms with Gasteiger partial charge in [-0.25, -0.2) is 18.2 Å². The summed E-state index contributed by atoms with van der Waals surface area (Å²) in [4.78, 5) is 17.6. The minimum atomic E-state index is -5.06. The molecule has 15 heteroatoms. The Morgan fingerprint density at radius 3 is 2.76 bits per heavy atom.